The van der Waals surface area contributed by atoms with Crippen LogP contribution < -0.4 is 10.5 Å². The molecular formula is C13H13BrN2O2. The van der Waals surface area contributed by atoms with E-state index in [1.54, 1.807) is 6.07 Å². The van der Waals surface area contributed by atoms with Crippen LogP contribution in [0.25, 0.3) is 11.3 Å². The molecule has 0 saturated heterocycles. The van der Waals surface area contributed by atoms with Gasteiger partial charge in [-0.3, -0.25) is 0 Å². The molecule has 1 aliphatic rings. The third-order valence-corrected chi connectivity index (χ3v) is 3.59. The quantitative estimate of drug-likeness (QED) is 0.940. The Hall–Kier alpha value is -1.49. The van der Waals surface area contributed by atoms with Crippen molar-refractivity contribution in [1.29, 1.82) is 0 Å². The molecule has 0 amide bonds. The molecule has 1 aromatic heterocycles. The van der Waals surface area contributed by atoms with Crippen LogP contribution in [0.15, 0.2) is 33.3 Å². The van der Waals surface area contributed by atoms with Gasteiger partial charge >= 0.3 is 0 Å². The maximum atomic E-state index is 5.96. The Morgan fingerprint density at radius 3 is 2.78 bits per heavy atom. The molecule has 1 fully saturated rings. The van der Waals surface area contributed by atoms with Gasteiger partial charge in [-0.05, 0) is 37.5 Å². The molecule has 1 heterocycles. The van der Waals surface area contributed by atoms with Crippen molar-refractivity contribution in [1.82, 2.24) is 5.16 Å². The van der Waals surface area contributed by atoms with Gasteiger partial charge in [0.2, 0.25) is 5.88 Å². The van der Waals surface area contributed by atoms with E-state index < -0.39 is 0 Å². The number of nitrogens with zero attached hydrogens (tertiary/aromatic N) is 1. The van der Waals surface area contributed by atoms with Crippen LogP contribution in [-0.2, 0) is 0 Å². The number of hydrogen-bond donors (Lipinski definition) is 1. The van der Waals surface area contributed by atoms with E-state index in [0.717, 1.165) is 28.6 Å². The van der Waals surface area contributed by atoms with Crippen LogP contribution in [0.5, 0.6) is 5.75 Å². The Kier molecular flexibility index (Phi) is 2.99. The summed E-state index contributed by atoms with van der Waals surface area (Å²) in [5.41, 5.74) is 7.16. The van der Waals surface area contributed by atoms with Crippen molar-refractivity contribution in [2.24, 2.45) is 0 Å². The summed E-state index contributed by atoms with van der Waals surface area (Å²) in [7, 11) is 0. The van der Waals surface area contributed by atoms with Crippen molar-refractivity contribution in [3.63, 3.8) is 0 Å². The fourth-order valence-electron chi connectivity index (χ4n) is 1.89. The van der Waals surface area contributed by atoms with Gasteiger partial charge in [0.05, 0.1) is 6.10 Å². The number of nitrogen functional groups attached to an aromatic ring is 1. The lowest BCUT2D eigenvalue weighted by atomic mass is 9.96. The summed E-state index contributed by atoms with van der Waals surface area (Å²) in [4.78, 5) is 0. The van der Waals surface area contributed by atoms with Crippen LogP contribution in [0.3, 0.4) is 0 Å². The number of halogens is 1. The fraction of sp³-hybridized carbons (Fsp3) is 0.308. The summed E-state index contributed by atoms with van der Waals surface area (Å²) >= 11 is 3.45. The van der Waals surface area contributed by atoms with E-state index in [4.69, 9.17) is 15.0 Å². The number of benzene rings is 1. The zero-order chi connectivity index (χ0) is 12.5. The highest BCUT2D eigenvalue weighted by Crippen LogP contribution is 2.35. The van der Waals surface area contributed by atoms with Crippen molar-refractivity contribution < 1.29 is 9.26 Å². The minimum Gasteiger partial charge on any atom is -0.490 e. The first kappa shape index (κ1) is 11.6. The number of anilines is 1. The van der Waals surface area contributed by atoms with Gasteiger partial charge in [0, 0.05) is 16.1 Å². The Labute approximate surface area is 113 Å². The van der Waals surface area contributed by atoms with Gasteiger partial charge in [0.15, 0.2) is 0 Å². The van der Waals surface area contributed by atoms with E-state index in [1.807, 2.05) is 18.2 Å². The lowest BCUT2D eigenvalue weighted by Gasteiger charge is -2.27. The van der Waals surface area contributed by atoms with Gasteiger partial charge in [-0.2, -0.15) is 0 Å². The SMILES string of the molecule is Nc1cc(-c2cc(Br)ccc2OC2CCC2)no1. The average molecular weight is 309 g/mol. The minimum atomic E-state index is 0.305. The van der Waals surface area contributed by atoms with E-state index in [2.05, 4.69) is 21.1 Å². The number of hydrogen-bond acceptors (Lipinski definition) is 4. The second kappa shape index (κ2) is 4.65. The van der Waals surface area contributed by atoms with Crippen LogP contribution in [0.4, 0.5) is 5.88 Å². The molecular weight excluding hydrogens is 296 g/mol. The molecule has 0 atom stereocenters. The molecule has 0 unspecified atom stereocenters. The van der Waals surface area contributed by atoms with Gasteiger partial charge in [0.25, 0.3) is 0 Å². The van der Waals surface area contributed by atoms with Crippen LogP contribution in [0.2, 0.25) is 0 Å². The monoisotopic (exact) mass is 308 g/mol. The molecule has 1 aliphatic carbocycles. The molecule has 4 nitrogen and oxygen atoms in total. The maximum Gasteiger partial charge on any atom is 0.222 e. The number of aromatic nitrogens is 1. The molecule has 0 radical (unpaired) electrons. The van der Waals surface area contributed by atoms with Crippen molar-refractivity contribution >= 4 is 21.8 Å². The summed E-state index contributed by atoms with van der Waals surface area (Å²) in [6, 6.07) is 7.57. The largest absolute Gasteiger partial charge is 0.490 e. The molecule has 5 heteroatoms. The lowest BCUT2D eigenvalue weighted by molar-refractivity contribution is 0.121. The van der Waals surface area contributed by atoms with Crippen LogP contribution >= 0.6 is 15.9 Å². The van der Waals surface area contributed by atoms with Crippen molar-refractivity contribution in [2.45, 2.75) is 25.4 Å². The highest BCUT2D eigenvalue weighted by atomic mass is 79.9. The number of ether oxygens (including phenoxy) is 1. The molecule has 1 saturated carbocycles. The van der Waals surface area contributed by atoms with E-state index in [1.165, 1.54) is 6.42 Å². The molecule has 0 spiro atoms. The molecule has 94 valence electrons. The fourth-order valence-corrected chi connectivity index (χ4v) is 2.25. The third kappa shape index (κ3) is 2.22. The summed E-state index contributed by atoms with van der Waals surface area (Å²) in [5, 5.41) is 3.94. The maximum absolute atomic E-state index is 5.96. The minimum absolute atomic E-state index is 0.305. The lowest BCUT2D eigenvalue weighted by Crippen LogP contribution is -2.24. The smallest absolute Gasteiger partial charge is 0.222 e. The van der Waals surface area contributed by atoms with Crippen LogP contribution in [0.1, 0.15) is 19.3 Å². The molecule has 2 aromatic rings. The van der Waals surface area contributed by atoms with Gasteiger partial charge in [-0.25, -0.2) is 0 Å². The molecule has 0 aliphatic heterocycles. The van der Waals surface area contributed by atoms with Crippen molar-refractivity contribution in [2.75, 3.05) is 5.73 Å². The van der Waals surface area contributed by atoms with Gasteiger partial charge in [0.1, 0.15) is 11.4 Å². The summed E-state index contributed by atoms with van der Waals surface area (Å²) < 4.78 is 11.8. The Morgan fingerprint density at radius 2 is 2.17 bits per heavy atom. The average Bonchev–Trinajstić information content (AvgIpc) is 2.71. The molecule has 2 N–H and O–H groups in total. The zero-order valence-corrected chi connectivity index (χ0v) is 11.3. The van der Waals surface area contributed by atoms with Crippen molar-refractivity contribution in [3.8, 4) is 17.0 Å². The Bertz CT molecular complexity index is 564. The normalized spacial score (nSPS) is 15.4. The number of rotatable bonds is 3. The third-order valence-electron chi connectivity index (χ3n) is 3.09. The van der Waals surface area contributed by atoms with Crippen LogP contribution in [0, 0.1) is 0 Å². The number of nitrogens with two attached hydrogens (primary N) is 1. The van der Waals surface area contributed by atoms with Gasteiger partial charge in [-0.15, -0.1) is 0 Å². The Morgan fingerprint density at radius 1 is 1.33 bits per heavy atom. The molecule has 0 bridgehead atoms. The highest BCUT2D eigenvalue weighted by molar-refractivity contribution is 9.10. The first-order valence-corrected chi connectivity index (χ1v) is 6.70. The second-order valence-corrected chi connectivity index (χ2v) is 5.34. The summed E-state index contributed by atoms with van der Waals surface area (Å²) in [6.07, 6.45) is 3.81. The first-order chi connectivity index (χ1) is 8.72. The molecule has 3 rings (SSSR count). The van der Waals surface area contributed by atoms with E-state index in [-0.39, 0.29) is 0 Å². The molecule has 1 aromatic carbocycles. The van der Waals surface area contributed by atoms with Crippen molar-refractivity contribution in [3.05, 3.63) is 28.7 Å². The first-order valence-electron chi connectivity index (χ1n) is 5.91. The van der Waals surface area contributed by atoms with Gasteiger partial charge in [-0.1, -0.05) is 21.1 Å². The second-order valence-electron chi connectivity index (χ2n) is 4.43. The standard InChI is InChI=1S/C13H13BrN2O2/c14-8-4-5-12(17-9-2-1-3-9)10(6-8)11-7-13(15)18-16-11/h4-7,9H,1-3,15H2. The van der Waals surface area contributed by atoms with E-state index >= 15 is 0 Å². The highest BCUT2D eigenvalue weighted by Gasteiger charge is 2.21. The summed E-state index contributed by atoms with van der Waals surface area (Å²) in [5.74, 6) is 1.13. The van der Waals surface area contributed by atoms with Gasteiger partial charge < -0.3 is 15.0 Å². The van der Waals surface area contributed by atoms with E-state index in [9.17, 15) is 0 Å². The molecule has 18 heavy (non-hydrogen) atoms. The topological polar surface area (TPSA) is 61.3 Å². The Balaban J connectivity index is 1.96. The van der Waals surface area contributed by atoms with Crippen LogP contribution in [-0.4, -0.2) is 11.3 Å². The predicted molar refractivity (Wildman–Crippen MR) is 72.3 cm³/mol. The predicted octanol–water partition coefficient (Wildman–Crippen LogP) is 3.62. The summed E-state index contributed by atoms with van der Waals surface area (Å²) in [6.45, 7) is 0. The zero-order valence-electron chi connectivity index (χ0n) is 9.73. The van der Waals surface area contributed by atoms with E-state index in [0.29, 0.717) is 17.7 Å².